The van der Waals surface area contributed by atoms with Crippen molar-refractivity contribution in [2.75, 3.05) is 39.8 Å². The van der Waals surface area contributed by atoms with Gasteiger partial charge in [0.2, 0.25) is 10.0 Å². The molecule has 7 heteroatoms. The average molecular weight is 364 g/mol. The minimum absolute atomic E-state index is 0.310. The number of halogens is 1. The molecular formula is C13H20BrN2O3S+. The molecule has 1 heterocycles. The molecule has 0 spiro atoms. The zero-order chi connectivity index (χ0) is 14.8. The van der Waals surface area contributed by atoms with Gasteiger partial charge in [0.25, 0.3) is 0 Å². The van der Waals surface area contributed by atoms with E-state index in [1.807, 2.05) is 0 Å². The van der Waals surface area contributed by atoms with Crippen molar-refractivity contribution in [2.24, 2.45) is 0 Å². The summed E-state index contributed by atoms with van der Waals surface area (Å²) in [7, 11) is -1.85. The fraction of sp³-hybridized carbons (Fsp3) is 0.538. The van der Waals surface area contributed by atoms with Crippen LogP contribution in [0.3, 0.4) is 0 Å². The Morgan fingerprint density at radius 3 is 2.50 bits per heavy atom. The molecule has 0 radical (unpaired) electrons. The number of hydrogen-bond donors (Lipinski definition) is 1. The van der Waals surface area contributed by atoms with Crippen LogP contribution in [0.5, 0.6) is 5.75 Å². The van der Waals surface area contributed by atoms with E-state index in [-0.39, 0.29) is 0 Å². The van der Waals surface area contributed by atoms with Crippen LogP contribution < -0.4 is 9.64 Å². The van der Waals surface area contributed by atoms with Gasteiger partial charge >= 0.3 is 0 Å². The van der Waals surface area contributed by atoms with Crippen molar-refractivity contribution in [2.45, 2.75) is 11.8 Å². The summed E-state index contributed by atoms with van der Waals surface area (Å²) in [5.74, 6) is 0.629. The average Bonchev–Trinajstić information content (AvgIpc) is 2.47. The third kappa shape index (κ3) is 3.16. The maximum absolute atomic E-state index is 12.6. The molecule has 1 saturated heterocycles. The Morgan fingerprint density at radius 1 is 1.35 bits per heavy atom. The summed E-state index contributed by atoms with van der Waals surface area (Å²) in [6.45, 7) is 6.06. The van der Waals surface area contributed by atoms with Gasteiger partial charge in [-0.1, -0.05) is 0 Å². The van der Waals surface area contributed by atoms with E-state index in [1.54, 1.807) is 29.6 Å². The summed E-state index contributed by atoms with van der Waals surface area (Å²) in [6.07, 6.45) is 0. The highest BCUT2D eigenvalue weighted by molar-refractivity contribution is 9.10. The Balaban J connectivity index is 2.20. The molecule has 1 aliphatic rings. The van der Waals surface area contributed by atoms with Crippen LogP contribution in [0.15, 0.2) is 27.6 Å². The Kier molecular flexibility index (Phi) is 5.06. The molecule has 0 atom stereocenters. The van der Waals surface area contributed by atoms with E-state index in [4.69, 9.17) is 4.74 Å². The molecule has 0 aliphatic carbocycles. The van der Waals surface area contributed by atoms with Crippen LogP contribution in [-0.2, 0) is 10.0 Å². The number of rotatable bonds is 4. The molecule has 1 aromatic carbocycles. The zero-order valence-corrected chi connectivity index (χ0v) is 14.1. The van der Waals surface area contributed by atoms with Crippen LogP contribution in [0.25, 0.3) is 0 Å². The van der Waals surface area contributed by atoms with Crippen molar-refractivity contribution >= 4 is 26.0 Å². The van der Waals surface area contributed by atoms with Crippen molar-refractivity contribution in [3.63, 3.8) is 0 Å². The van der Waals surface area contributed by atoms with E-state index in [2.05, 4.69) is 22.9 Å². The van der Waals surface area contributed by atoms with Crippen LogP contribution in [0.1, 0.15) is 6.92 Å². The fourth-order valence-electron chi connectivity index (χ4n) is 2.35. The number of likely N-dealkylation sites (N-methyl/N-ethyl adjacent to an activating group) is 1. The molecule has 5 nitrogen and oxygen atoms in total. The van der Waals surface area contributed by atoms with Crippen LogP contribution in [0, 0.1) is 0 Å². The van der Waals surface area contributed by atoms with Crippen molar-refractivity contribution in [1.29, 1.82) is 0 Å². The third-order valence-corrected chi connectivity index (χ3v) is 6.20. The summed E-state index contributed by atoms with van der Waals surface area (Å²) in [5, 5.41) is 0. The van der Waals surface area contributed by atoms with Gasteiger partial charge in [-0.2, -0.15) is 4.31 Å². The summed E-state index contributed by atoms with van der Waals surface area (Å²) in [6, 6.07) is 4.87. The molecule has 0 unspecified atom stereocenters. The minimum Gasteiger partial charge on any atom is -0.496 e. The lowest BCUT2D eigenvalue weighted by Gasteiger charge is -2.30. The fourth-order valence-corrected chi connectivity index (χ4v) is 4.51. The quantitative estimate of drug-likeness (QED) is 0.840. The second kappa shape index (κ2) is 6.43. The highest BCUT2D eigenvalue weighted by atomic mass is 79.9. The van der Waals surface area contributed by atoms with Gasteiger partial charge in [0.05, 0.1) is 49.2 Å². The lowest BCUT2D eigenvalue weighted by molar-refractivity contribution is -0.901. The van der Waals surface area contributed by atoms with Gasteiger partial charge in [0.1, 0.15) is 5.75 Å². The van der Waals surface area contributed by atoms with Gasteiger partial charge in [0, 0.05) is 0 Å². The van der Waals surface area contributed by atoms with Gasteiger partial charge in [-0.05, 0) is 41.1 Å². The monoisotopic (exact) mass is 363 g/mol. The number of nitrogens with zero attached hydrogens (tertiary/aromatic N) is 1. The Morgan fingerprint density at radius 2 is 2.00 bits per heavy atom. The smallest absolute Gasteiger partial charge is 0.243 e. The number of hydrogen-bond acceptors (Lipinski definition) is 3. The lowest BCUT2D eigenvalue weighted by Crippen LogP contribution is -3.14. The first-order valence-corrected chi connectivity index (χ1v) is 8.89. The number of methoxy groups -OCH3 is 1. The summed E-state index contributed by atoms with van der Waals surface area (Å²) >= 11 is 3.33. The second-order valence-corrected chi connectivity index (χ2v) is 7.60. The molecule has 1 aliphatic heterocycles. The van der Waals surface area contributed by atoms with Crippen molar-refractivity contribution in [3.05, 3.63) is 22.7 Å². The topological polar surface area (TPSA) is 51.0 Å². The largest absolute Gasteiger partial charge is 0.496 e. The third-order valence-electron chi connectivity index (χ3n) is 3.69. The normalized spacial score (nSPS) is 18.1. The van der Waals surface area contributed by atoms with Gasteiger partial charge in [-0.3, -0.25) is 0 Å². The van der Waals surface area contributed by atoms with E-state index < -0.39 is 10.0 Å². The summed E-state index contributed by atoms with van der Waals surface area (Å²) in [5.41, 5.74) is 0. The maximum Gasteiger partial charge on any atom is 0.243 e. The molecule has 1 N–H and O–H groups in total. The first kappa shape index (κ1) is 15.8. The van der Waals surface area contributed by atoms with Crippen molar-refractivity contribution in [3.8, 4) is 5.75 Å². The molecule has 1 fully saturated rings. The number of piperazine rings is 1. The summed E-state index contributed by atoms with van der Waals surface area (Å²) in [4.78, 5) is 1.76. The molecule has 1 aromatic rings. The predicted molar refractivity (Wildman–Crippen MR) is 80.7 cm³/mol. The maximum atomic E-state index is 12.6. The molecule has 112 valence electrons. The van der Waals surface area contributed by atoms with Crippen molar-refractivity contribution in [1.82, 2.24) is 4.31 Å². The predicted octanol–water partition coefficient (Wildman–Crippen LogP) is 0.367. The number of benzene rings is 1. The van der Waals surface area contributed by atoms with Gasteiger partial charge in [-0.15, -0.1) is 0 Å². The first-order chi connectivity index (χ1) is 9.48. The van der Waals surface area contributed by atoms with Gasteiger partial charge in [-0.25, -0.2) is 8.42 Å². The SMILES string of the molecule is CC[NH+]1CCN(S(=O)(=O)c2ccc(OC)c(Br)c2)CC1. The molecule has 0 bridgehead atoms. The Bertz CT molecular complexity index is 569. The lowest BCUT2D eigenvalue weighted by atomic mass is 10.3. The molecule has 0 saturated carbocycles. The van der Waals surface area contributed by atoms with E-state index in [9.17, 15) is 8.42 Å². The van der Waals surface area contributed by atoms with Crippen LogP contribution in [0.2, 0.25) is 0 Å². The highest BCUT2D eigenvalue weighted by Crippen LogP contribution is 2.28. The van der Waals surface area contributed by atoms with Crippen LogP contribution in [-0.4, -0.2) is 52.6 Å². The number of sulfonamides is 1. The van der Waals surface area contributed by atoms with E-state index in [1.165, 1.54) is 4.90 Å². The second-order valence-electron chi connectivity index (χ2n) is 4.80. The van der Waals surface area contributed by atoms with E-state index >= 15 is 0 Å². The number of quaternary nitrogens is 1. The van der Waals surface area contributed by atoms with E-state index in [0.29, 0.717) is 28.2 Å². The molecule has 0 aromatic heterocycles. The Hall–Kier alpha value is -0.630. The van der Waals surface area contributed by atoms with Gasteiger partial charge in [0.15, 0.2) is 0 Å². The molecule has 2 rings (SSSR count). The van der Waals surface area contributed by atoms with Crippen LogP contribution in [0.4, 0.5) is 0 Å². The molecule has 20 heavy (non-hydrogen) atoms. The van der Waals surface area contributed by atoms with Crippen LogP contribution >= 0.6 is 15.9 Å². The number of nitrogens with one attached hydrogen (secondary N) is 1. The van der Waals surface area contributed by atoms with Gasteiger partial charge < -0.3 is 9.64 Å². The zero-order valence-electron chi connectivity index (χ0n) is 11.7. The Labute approximate surface area is 128 Å². The summed E-state index contributed by atoms with van der Waals surface area (Å²) < 4.78 is 32.5. The molecule has 0 amide bonds. The number of ether oxygens (including phenoxy) is 1. The van der Waals surface area contributed by atoms with E-state index in [0.717, 1.165) is 19.6 Å². The first-order valence-electron chi connectivity index (χ1n) is 6.66. The highest BCUT2D eigenvalue weighted by Gasteiger charge is 2.30. The molecular weight excluding hydrogens is 344 g/mol. The minimum atomic E-state index is -3.41. The standard InChI is InChI=1S/C13H19BrN2O3S/c1-3-15-6-8-16(9-7-15)20(17,18)11-4-5-13(19-2)12(14)10-11/h4-5,10H,3,6-9H2,1-2H3/p+1. The van der Waals surface area contributed by atoms with Crippen molar-refractivity contribution < 1.29 is 18.1 Å².